The highest BCUT2D eigenvalue weighted by Crippen LogP contribution is 2.37. The Kier molecular flexibility index (Phi) is 5.54. The number of anilines is 1. The maximum absolute atomic E-state index is 13.9. The average Bonchev–Trinajstić information content (AvgIpc) is 2.83. The lowest BCUT2D eigenvalue weighted by Crippen LogP contribution is -2.10. The lowest BCUT2D eigenvalue weighted by molar-refractivity contribution is -0.141. The van der Waals surface area contributed by atoms with E-state index >= 15 is 0 Å². The SMILES string of the molecule is CS(=O)(=O)Nc1cccc(C=C2c3ccc(F)cc3CCc3nc(C(F)(F)F)ccc32)c1. The zero-order chi connectivity index (χ0) is 23.1. The Morgan fingerprint density at radius 1 is 1.00 bits per heavy atom. The third-order valence-corrected chi connectivity index (χ3v) is 5.65. The van der Waals surface area contributed by atoms with Crippen LogP contribution in [0.15, 0.2) is 54.6 Å². The molecule has 3 aromatic rings. The smallest absolute Gasteiger partial charge is 0.284 e. The van der Waals surface area contributed by atoms with Crippen molar-refractivity contribution in [3.63, 3.8) is 0 Å². The molecule has 1 aliphatic rings. The summed E-state index contributed by atoms with van der Waals surface area (Å²) in [5.74, 6) is -0.433. The van der Waals surface area contributed by atoms with Gasteiger partial charge in [0.25, 0.3) is 0 Å². The summed E-state index contributed by atoms with van der Waals surface area (Å²) in [5, 5.41) is 0. The standard InChI is InChI=1S/C23H18F4N2O2S/c1-32(30,31)29-17-4-2-3-14(11-17)12-20-18-7-6-16(24)13-15(18)5-9-21-19(20)8-10-22(28-21)23(25,26)27/h2-4,6-8,10-13,29H,5,9H2,1H3. The molecule has 32 heavy (non-hydrogen) atoms. The Morgan fingerprint density at radius 2 is 1.75 bits per heavy atom. The number of alkyl halides is 3. The minimum atomic E-state index is -4.57. The van der Waals surface area contributed by atoms with Gasteiger partial charge in [0.15, 0.2) is 0 Å². The number of halogens is 4. The number of aromatic nitrogens is 1. The van der Waals surface area contributed by atoms with Crippen molar-refractivity contribution in [1.29, 1.82) is 0 Å². The Morgan fingerprint density at radius 3 is 2.47 bits per heavy atom. The van der Waals surface area contributed by atoms with E-state index in [9.17, 15) is 26.0 Å². The fourth-order valence-electron chi connectivity index (χ4n) is 3.75. The van der Waals surface area contributed by atoms with E-state index in [2.05, 4.69) is 9.71 Å². The van der Waals surface area contributed by atoms with E-state index in [-0.39, 0.29) is 12.1 Å². The average molecular weight is 462 g/mol. The van der Waals surface area contributed by atoms with Crippen LogP contribution in [-0.4, -0.2) is 19.7 Å². The number of nitrogens with zero attached hydrogens (tertiary/aromatic N) is 1. The summed E-state index contributed by atoms with van der Waals surface area (Å²) in [5.41, 5.74) is 2.72. The highest BCUT2D eigenvalue weighted by atomic mass is 32.2. The van der Waals surface area contributed by atoms with Gasteiger partial charge in [-0.25, -0.2) is 17.8 Å². The molecule has 0 atom stereocenters. The summed E-state index contributed by atoms with van der Waals surface area (Å²) in [4.78, 5) is 3.86. The van der Waals surface area contributed by atoms with Gasteiger partial charge >= 0.3 is 6.18 Å². The number of benzene rings is 2. The van der Waals surface area contributed by atoms with Crippen molar-refractivity contribution >= 4 is 27.4 Å². The van der Waals surface area contributed by atoms with E-state index in [0.717, 1.165) is 12.3 Å². The van der Waals surface area contributed by atoms with Crippen molar-refractivity contribution in [2.24, 2.45) is 0 Å². The largest absolute Gasteiger partial charge is 0.433 e. The molecule has 1 heterocycles. The first-order chi connectivity index (χ1) is 15.0. The van der Waals surface area contributed by atoms with Crippen LogP contribution in [-0.2, 0) is 29.0 Å². The lowest BCUT2D eigenvalue weighted by Gasteiger charge is -2.14. The molecule has 1 aromatic heterocycles. The van der Waals surface area contributed by atoms with Crippen LogP contribution in [0.5, 0.6) is 0 Å². The molecule has 0 radical (unpaired) electrons. The van der Waals surface area contributed by atoms with E-state index in [1.807, 2.05) is 0 Å². The summed E-state index contributed by atoms with van der Waals surface area (Å²) in [6.07, 6.45) is -1.24. The van der Waals surface area contributed by atoms with Crippen molar-refractivity contribution < 1.29 is 26.0 Å². The maximum Gasteiger partial charge on any atom is 0.433 e. The number of fused-ring (bicyclic) bond motifs is 2. The molecule has 0 aliphatic heterocycles. The number of hydrogen-bond donors (Lipinski definition) is 1. The molecule has 0 saturated carbocycles. The summed E-state index contributed by atoms with van der Waals surface area (Å²) in [6, 6.07) is 13.2. The molecule has 1 N–H and O–H groups in total. The van der Waals surface area contributed by atoms with Crippen LogP contribution in [0.3, 0.4) is 0 Å². The summed E-state index contributed by atoms with van der Waals surface area (Å²) in [6.45, 7) is 0. The van der Waals surface area contributed by atoms with Crippen molar-refractivity contribution in [3.8, 4) is 0 Å². The minimum Gasteiger partial charge on any atom is -0.284 e. The summed E-state index contributed by atoms with van der Waals surface area (Å²) >= 11 is 0. The van der Waals surface area contributed by atoms with Crippen molar-refractivity contribution in [1.82, 2.24) is 4.98 Å². The van der Waals surface area contributed by atoms with Crippen molar-refractivity contribution in [2.45, 2.75) is 19.0 Å². The van der Waals surface area contributed by atoms with Crippen molar-refractivity contribution in [3.05, 3.63) is 94.1 Å². The summed E-state index contributed by atoms with van der Waals surface area (Å²) < 4.78 is 79.1. The molecule has 4 rings (SSSR count). The minimum absolute atomic E-state index is 0.225. The number of aryl methyl sites for hydroxylation is 2. The van der Waals surface area contributed by atoms with Gasteiger partial charge < -0.3 is 0 Å². The second-order valence-electron chi connectivity index (χ2n) is 7.55. The van der Waals surface area contributed by atoms with Gasteiger partial charge in [-0.2, -0.15) is 13.2 Å². The van der Waals surface area contributed by atoms with E-state index < -0.39 is 27.7 Å². The van der Waals surface area contributed by atoms with Gasteiger partial charge in [0.1, 0.15) is 11.5 Å². The fourth-order valence-corrected chi connectivity index (χ4v) is 4.31. The van der Waals surface area contributed by atoms with Crippen LogP contribution in [0.25, 0.3) is 11.6 Å². The number of nitrogens with one attached hydrogen (secondary N) is 1. The van der Waals surface area contributed by atoms with Gasteiger partial charge in [-0.3, -0.25) is 4.72 Å². The number of rotatable bonds is 3. The van der Waals surface area contributed by atoms with E-state index in [0.29, 0.717) is 39.9 Å². The van der Waals surface area contributed by atoms with Gasteiger partial charge in [-0.1, -0.05) is 24.3 Å². The fraction of sp³-hybridized carbons (Fsp3) is 0.174. The molecule has 0 amide bonds. The second kappa shape index (κ2) is 8.05. The van der Waals surface area contributed by atoms with Crippen LogP contribution in [0.2, 0.25) is 0 Å². The molecule has 0 spiro atoms. The lowest BCUT2D eigenvalue weighted by atomic mass is 9.93. The molecule has 1 aliphatic carbocycles. The molecule has 4 nitrogen and oxygen atoms in total. The predicted octanol–water partition coefficient (Wildman–Crippen LogP) is 5.30. The van der Waals surface area contributed by atoms with Crippen LogP contribution >= 0.6 is 0 Å². The normalized spacial score (nSPS) is 15.1. The summed E-state index contributed by atoms with van der Waals surface area (Å²) in [7, 11) is -3.48. The van der Waals surface area contributed by atoms with E-state index in [1.165, 1.54) is 18.2 Å². The third-order valence-electron chi connectivity index (χ3n) is 5.04. The molecule has 0 bridgehead atoms. The van der Waals surface area contributed by atoms with Gasteiger partial charge in [0.2, 0.25) is 10.0 Å². The van der Waals surface area contributed by atoms with Gasteiger partial charge in [0, 0.05) is 16.9 Å². The molecule has 9 heteroatoms. The third kappa shape index (κ3) is 4.83. The van der Waals surface area contributed by atoms with Gasteiger partial charge in [0.05, 0.1) is 6.26 Å². The molecular weight excluding hydrogens is 444 g/mol. The molecule has 0 saturated heterocycles. The first kappa shape index (κ1) is 22.0. The number of hydrogen-bond acceptors (Lipinski definition) is 3. The zero-order valence-electron chi connectivity index (χ0n) is 16.9. The molecule has 0 unspecified atom stereocenters. The second-order valence-corrected chi connectivity index (χ2v) is 9.30. The number of pyridine rings is 1. The molecule has 2 aromatic carbocycles. The van der Waals surface area contributed by atoms with Crippen LogP contribution in [0.1, 0.15) is 33.6 Å². The van der Waals surface area contributed by atoms with Crippen LogP contribution < -0.4 is 4.72 Å². The monoisotopic (exact) mass is 462 g/mol. The topological polar surface area (TPSA) is 59.1 Å². The molecule has 0 fully saturated rings. The maximum atomic E-state index is 13.9. The highest BCUT2D eigenvalue weighted by Gasteiger charge is 2.33. The van der Waals surface area contributed by atoms with E-state index in [1.54, 1.807) is 36.4 Å². The predicted molar refractivity (Wildman–Crippen MR) is 115 cm³/mol. The molecule has 166 valence electrons. The van der Waals surface area contributed by atoms with Gasteiger partial charge in [-0.15, -0.1) is 0 Å². The first-order valence-corrected chi connectivity index (χ1v) is 11.5. The van der Waals surface area contributed by atoms with Crippen LogP contribution in [0.4, 0.5) is 23.2 Å². The van der Waals surface area contributed by atoms with Crippen LogP contribution in [0, 0.1) is 5.82 Å². The Bertz CT molecular complexity index is 1330. The Labute approximate surface area is 182 Å². The number of sulfonamides is 1. The molecular formula is C23H18F4N2O2S. The zero-order valence-corrected chi connectivity index (χ0v) is 17.7. The Balaban J connectivity index is 1.90. The van der Waals surface area contributed by atoms with Crippen molar-refractivity contribution in [2.75, 3.05) is 11.0 Å². The van der Waals surface area contributed by atoms with Gasteiger partial charge in [-0.05, 0) is 71.5 Å². The highest BCUT2D eigenvalue weighted by molar-refractivity contribution is 7.92. The Hall–Kier alpha value is -3.20. The van der Waals surface area contributed by atoms with E-state index in [4.69, 9.17) is 0 Å². The first-order valence-electron chi connectivity index (χ1n) is 9.65. The quantitative estimate of drug-likeness (QED) is 0.538.